The molecular weight excluding hydrogens is 367 g/mol. The van der Waals surface area contributed by atoms with Crippen molar-refractivity contribution < 1.29 is 0 Å². The Morgan fingerprint density at radius 1 is 1.11 bits per heavy atom. The van der Waals surface area contributed by atoms with Crippen LogP contribution in [0.2, 0.25) is 10.0 Å². The molecule has 2 aromatic carbocycles. The summed E-state index contributed by atoms with van der Waals surface area (Å²) in [5.74, 6) is 0. The summed E-state index contributed by atoms with van der Waals surface area (Å²) in [5, 5.41) is 5.45. The number of halogens is 3. The van der Waals surface area contributed by atoms with E-state index in [2.05, 4.69) is 26.2 Å². The number of hydrogen-bond donors (Lipinski definition) is 1. The highest BCUT2D eigenvalue weighted by Gasteiger charge is 2.07. The van der Waals surface area contributed by atoms with Gasteiger partial charge in [-0.05, 0) is 46.3 Å². The van der Waals surface area contributed by atoms with E-state index in [1.165, 1.54) is 11.3 Å². The summed E-state index contributed by atoms with van der Waals surface area (Å²) in [4.78, 5) is 4.50. The first-order valence-electron chi connectivity index (χ1n) is 5.40. The average molecular weight is 374 g/mol. The van der Waals surface area contributed by atoms with Crippen LogP contribution in [0.4, 0.5) is 10.8 Å². The Bertz CT molecular complexity index is 757. The average Bonchev–Trinajstić information content (AvgIpc) is 2.78. The van der Waals surface area contributed by atoms with E-state index >= 15 is 0 Å². The summed E-state index contributed by atoms with van der Waals surface area (Å²) in [7, 11) is 0. The van der Waals surface area contributed by atoms with E-state index in [0.29, 0.717) is 5.02 Å². The number of nitrogens with zero attached hydrogens (tertiary/aromatic N) is 1. The van der Waals surface area contributed by atoms with Gasteiger partial charge >= 0.3 is 0 Å². The van der Waals surface area contributed by atoms with Crippen LogP contribution < -0.4 is 5.32 Å². The number of rotatable bonds is 2. The van der Waals surface area contributed by atoms with E-state index < -0.39 is 0 Å². The first-order valence-corrected chi connectivity index (χ1v) is 7.77. The molecule has 2 nitrogen and oxygen atoms in total. The molecule has 0 saturated carbocycles. The molecule has 0 saturated heterocycles. The minimum Gasteiger partial charge on any atom is -0.331 e. The van der Waals surface area contributed by atoms with Crippen LogP contribution >= 0.6 is 50.5 Å². The number of aromatic nitrogens is 1. The fourth-order valence-corrected chi connectivity index (χ4v) is 3.34. The van der Waals surface area contributed by atoms with E-state index in [-0.39, 0.29) is 0 Å². The highest BCUT2D eigenvalue weighted by atomic mass is 79.9. The first-order chi connectivity index (χ1) is 9.13. The van der Waals surface area contributed by atoms with Gasteiger partial charge < -0.3 is 5.32 Å². The number of anilines is 2. The van der Waals surface area contributed by atoms with Gasteiger partial charge in [-0.25, -0.2) is 4.98 Å². The zero-order valence-corrected chi connectivity index (χ0v) is 13.4. The van der Waals surface area contributed by atoms with Gasteiger partial charge in [-0.3, -0.25) is 0 Å². The topological polar surface area (TPSA) is 24.9 Å². The zero-order chi connectivity index (χ0) is 13.4. The Hall–Kier alpha value is -0.810. The number of hydrogen-bond acceptors (Lipinski definition) is 3. The summed E-state index contributed by atoms with van der Waals surface area (Å²) in [5.41, 5.74) is 1.82. The van der Waals surface area contributed by atoms with Crippen molar-refractivity contribution in [1.29, 1.82) is 0 Å². The Balaban J connectivity index is 1.96. The van der Waals surface area contributed by atoms with Gasteiger partial charge in [0.05, 0.1) is 20.3 Å². The molecule has 96 valence electrons. The molecule has 3 aromatic rings. The van der Waals surface area contributed by atoms with Gasteiger partial charge in [0.2, 0.25) is 0 Å². The summed E-state index contributed by atoms with van der Waals surface area (Å²) in [6.45, 7) is 0. The van der Waals surface area contributed by atoms with E-state index in [4.69, 9.17) is 23.2 Å². The van der Waals surface area contributed by atoms with Crippen LogP contribution in [0.3, 0.4) is 0 Å². The predicted molar refractivity (Wildman–Crippen MR) is 87.1 cm³/mol. The lowest BCUT2D eigenvalue weighted by Gasteiger charge is -2.03. The maximum Gasteiger partial charge on any atom is 0.188 e. The third kappa shape index (κ3) is 2.72. The summed E-state index contributed by atoms with van der Waals surface area (Å²) in [6, 6.07) is 11.4. The van der Waals surface area contributed by atoms with Gasteiger partial charge in [-0.2, -0.15) is 0 Å². The van der Waals surface area contributed by atoms with Gasteiger partial charge in [0.15, 0.2) is 5.13 Å². The van der Waals surface area contributed by atoms with Crippen molar-refractivity contribution in [3.8, 4) is 0 Å². The fourth-order valence-electron chi connectivity index (χ4n) is 1.67. The normalized spacial score (nSPS) is 10.9. The maximum absolute atomic E-state index is 6.14. The third-order valence-electron chi connectivity index (χ3n) is 2.54. The first kappa shape index (κ1) is 13.2. The predicted octanol–water partition coefficient (Wildman–Crippen LogP) is 6.11. The monoisotopic (exact) mass is 372 g/mol. The molecule has 0 spiro atoms. The Kier molecular flexibility index (Phi) is 3.67. The molecule has 0 bridgehead atoms. The van der Waals surface area contributed by atoms with Crippen LogP contribution in [0, 0.1) is 0 Å². The molecule has 1 aromatic heterocycles. The van der Waals surface area contributed by atoms with Gasteiger partial charge in [0.1, 0.15) is 0 Å². The Morgan fingerprint density at radius 3 is 2.68 bits per heavy atom. The van der Waals surface area contributed by atoms with Crippen LogP contribution in [0.25, 0.3) is 10.2 Å². The van der Waals surface area contributed by atoms with Crippen LogP contribution in [-0.4, -0.2) is 4.98 Å². The van der Waals surface area contributed by atoms with Crippen LogP contribution in [0.1, 0.15) is 0 Å². The van der Waals surface area contributed by atoms with E-state index in [1.54, 1.807) is 0 Å². The molecule has 19 heavy (non-hydrogen) atoms. The maximum atomic E-state index is 6.14. The van der Waals surface area contributed by atoms with Crippen LogP contribution in [0.5, 0.6) is 0 Å². The van der Waals surface area contributed by atoms with Crippen LogP contribution in [0.15, 0.2) is 40.9 Å². The lowest BCUT2D eigenvalue weighted by Crippen LogP contribution is -1.88. The largest absolute Gasteiger partial charge is 0.331 e. The van der Waals surface area contributed by atoms with Crippen molar-refractivity contribution in [1.82, 2.24) is 4.98 Å². The molecule has 0 aliphatic carbocycles. The van der Waals surface area contributed by atoms with Crippen molar-refractivity contribution in [3.05, 3.63) is 50.9 Å². The molecule has 3 rings (SSSR count). The Labute approximate surface area is 132 Å². The van der Waals surface area contributed by atoms with Crippen molar-refractivity contribution in [2.24, 2.45) is 0 Å². The SMILES string of the molecule is Clc1ccc(Nc2nc3cccc(Cl)c3s2)cc1Br. The molecule has 0 aliphatic heterocycles. The van der Waals surface area contributed by atoms with Gasteiger partial charge in [0.25, 0.3) is 0 Å². The lowest BCUT2D eigenvalue weighted by atomic mass is 10.3. The lowest BCUT2D eigenvalue weighted by molar-refractivity contribution is 1.44. The number of thiazole rings is 1. The second-order valence-electron chi connectivity index (χ2n) is 3.86. The molecule has 0 atom stereocenters. The van der Waals surface area contributed by atoms with Crippen molar-refractivity contribution >= 4 is 71.5 Å². The van der Waals surface area contributed by atoms with Gasteiger partial charge in [-0.1, -0.05) is 40.6 Å². The number of benzene rings is 2. The van der Waals surface area contributed by atoms with Crippen molar-refractivity contribution in [3.63, 3.8) is 0 Å². The van der Waals surface area contributed by atoms with E-state index in [0.717, 1.165) is 30.5 Å². The summed E-state index contributed by atoms with van der Waals surface area (Å²) >= 11 is 17.0. The molecule has 0 fully saturated rings. The minimum absolute atomic E-state index is 0.679. The zero-order valence-electron chi connectivity index (χ0n) is 9.45. The summed E-state index contributed by atoms with van der Waals surface area (Å²) < 4.78 is 1.83. The van der Waals surface area contributed by atoms with Crippen LogP contribution in [-0.2, 0) is 0 Å². The molecule has 1 N–H and O–H groups in total. The van der Waals surface area contributed by atoms with Crippen molar-refractivity contribution in [2.75, 3.05) is 5.32 Å². The van der Waals surface area contributed by atoms with Gasteiger partial charge in [-0.15, -0.1) is 0 Å². The molecule has 0 amide bonds. The highest BCUT2D eigenvalue weighted by Crippen LogP contribution is 2.34. The summed E-state index contributed by atoms with van der Waals surface area (Å²) in [6.07, 6.45) is 0. The van der Waals surface area contributed by atoms with E-state index in [1.807, 2.05) is 36.4 Å². The van der Waals surface area contributed by atoms with Gasteiger partial charge in [0, 0.05) is 10.2 Å². The second-order valence-corrected chi connectivity index (χ2v) is 6.53. The number of nitrogens with one attached hydrogen (secondary N) is 1. The minimum atomic E-state index is 0.679. The molecule has 1 heterocycles. The fraction of sp³-hybridized carbons (Fsp3) is 0. The highest BCUT2D eigenvalue weighted by molar-refractivity contribution is 9.10. The number of fused-ring (bicyclic) bond motifs is 1. The quantitative estimate of drug-likeness (QED) is 0.586. The molecule has 6 heteroatoms. The smallest absolute Gasteiger partial charge is 0.188 e. The molecule has 0 aliphatic rings. The Morgan fingerprint density at radius 2 is 1.95 bits per heavy atom. The third-order valence-corrected chi connectivity index (χ3v) is 5.20. The molecule has 0 unspecified atom stereocenters. The second kappa shape index (κ2) is 5.29. The standard InChI is InChI=1S/C13H7BrCl2N2S/c14-8-6-7(4-5-9(8)15)17-13-18-11-3-1-2-10(16)12(11)19-13/h1-6H,(H,17,18). The van der Waals surface area contributed by atoms with Crippen molar-refractivity contribution in [2.45, 2.75) is 0 Å². The molecular formula is C13H7BrCl2N2S. The van der Waals surface area contributed by atoms with E-state index in [9.17, 15) is 0 Å². The molecule has 0 radical (unpaired) electrons.